The van der Waals surface area contributed by atoms with Crippen molar-refractivity contribution >= 4 is 27.6 Å². The van der Waals surface area contributed by atoms with Gasteiger partial charge in [0.25, 0.3) is 0 Å². The Bertz CT molecular complexity index is 1410. The van der Waals surface area contributed by atoms with E-state index >= 15 is 0 Å². The number of carboxylic acids is 1. The van der Waals surface area contributed by atoms with Crippen molar-refractivity contribution in [3.63, 3.8) is 0 Å². The Kier molecular flexibility index (Phi) is 8.09. The van der Waals surface area contributed by atoms with E-state index in [9.17, 15) is 23.1 Å². The van der Waals surface area contributed by atoms with Gasteiger partial charge in [-0.25, -0.2) is 17.9 Å². The molecule has 0 spiro atoms. The molecule has 1 aromatic heterocycles. The predicted molar refractivity (Wildman–Crippen MR) is 140 cm³/mol. The van der Waals surface area contributed by atoms with Gasteiger partial charge >= 0.3 is 5.97 Å². The molecule has 0 aliphatic carbocycles. The van der Waals surface area contributed by atoms with Crippen LogP contribution in [-0.4, -0.2) is 40.7 Å². The maximum Gasteiger partial charge on any atom is 0.356 e. The molecule has 0 aliphatic heterocycles. The number of nitrogens with zero attached hydrogens (tertiary/aromatic N) is 2. The molecular formula is C26H32N4O6S. The number of para-hydroxylation sites is 1. The van der Waals surface area contributed by atoms with Crippen LogP contribution in [0.25, 0.3) is 5.69 Å². The maximum atomic E-state index is 13.4. The fourth-order valence-corrected chi connectivity index (χ4v) is 5.15. The van der Waals surface area contributed by atoms with Gasteiger partial charge in [-0.05, 0) is 63.9 Å². The molecule has 3 N–H and O–H groups in total. The van der Waals surface area contributed by atoms with Crippen LogP contribution in [0.3, 0.4) is 0 Å². The van der Waals surface area contributed by atoms with Crippen LogP contribution < -0.4 is 14.8 Å². The first-order valence-electron chi connectivity index (χ1n) is 11.7. The second-order valence-corrected chi connectivity index (χ2v) is 11.7. The first kappa shape index (κ1) is 27.9. The average molecular weight is 529 g/mol. The van der Waals surface area contributed by atoms with E-state index in [0.717, 1.165) is 0 Å². The molecule has 0 atom stereocenters. The number of benzene rings is 2. The van der Waals surface area contributed by atoms with E-state index in [4.69, 9.17) is 4.74 Å². The van der Waals surface area contributed by atoms with E-state index in [2.05, 4.69) is 15.1 Å². The van der Waals surface area contributed by atoms with Crippen LogP contribution in [0.5, 0.6) is 11.6 Å². The zero-order chi connectivity index (χ0) is 27.5. The van der Waals surface area contributed by atoms with Crippen molar-refractivity contribution in [2.75, 3.05) is 5.32 Å². The number of aromatic nitrogens is 2. The van der Waals surface area contributed by atoms with Crippen LogP contribution in [0.15, 0.2) is 53.4 Å². The Balaban J connectivity index is 2.15. The molecule has 0 unspecified atom stereocenters. The third-order valence-corrected chi connectivity index (χ3v) is 6.81. The summed E-state index contributed by atoms with van der Waals surface area (Å²) < 4.78 is 36.8. The van der Waals surface area contributed by atoms with Crippen molar-refractivity contribution in [1.29, 1.82) is 0 Å². The third-order valence-electron chi connectivity index (χ3n) is 5.03. The summed E-state index contributed by atoms with van der Waals surface area (Å²) in [5.74, 6) is -1.39. The lowest BCUT2D eigenvalue weighted by molar-refractivity contribution is -0.116. The standard InChI is InChI=1S/C26H32N4O6S/c1-16(2)14-22(31)27-18-12-13-20(21(15-18)37(34,35)29-26(4,5)6)36-24-17(3)23(25(32)33)28-30(24)19-10-8-7-9-11-19/h7-13,15-16,29H,14H2,1-6H3,(H,27,31)(H,32,33). The number of ether oxygens (including phenoxy) is 1. The second-order valence-electron chi connectivity index (χ2n) is 10.1. The number of anilines is 1. The van der Waals surface area contributed by atoms with Crippen LogP contribution in [0, 0.1) is 12.8 Å². The number of amides is 1. The van der Waals surface area contributed by atoms with E-state index < -0.39 is 21.5 Å². The Morgan fingerprint density at radius 2 is 1.76 bits per heavy atom. The van der Waals surface area contributed by atoms with Gasteiger partial charge < -0.3 is 15.2 Å². The predicted octanol–water partition coefficient (Wildman–Crippen LogP) is 4.73. The third kappa shape index (κ3) is 6.95. The van der Waals surface area contributed by atoms with Gasteiger partial charge in [0, 0.05) is 23.2 Å². The number of hydrogen-bond donors (Lipinski definition) is 3. The van der Waals surface area contributed by atoms with Crippen molar-refractivity contribution in [1.82, 2.24) is 14.5 Å². The van der Waals surface area contributed by atoms with Gasteiger partial charge in [-0.3, -0.25) is 4.79 Å². The number of rotatable bonds is 9. The lowest BCUT2D eigenvalue weighted by atomic mass is 10.1. The molecule has 0 fully saturated rings. The number of hydrogen-bond acceptors (Lipinski definition) is 6. The zero-order valence-electron chi connectivity index (χ0n) is 21.7. The molecule has 37 heavy (non-hydrogen) atoms. The molecule has 0 radical (unpaired) electrons. The van der Waals surface area contributed by atoms with Crippen LogP contribution >= 0.6 is 0 Å². The first-order chi connectivity index (χ1) is 17.2. The highest BCUT2D eigenvalue weighted by atomic mass is 32.2. The molecule has 198 valence electrons. The zero-order valence-corrected chi connectivity index (χ0v) is 22.5. The highest BCUT2D eigenvalue weighted by Crippen LogP contribution is 2.35. The molecule has 0 saturated heterocycles. The number of carbonyl (C=O) groups is 2. The number of aromatic carboxylic acids is 1. The smallest absolute Gasteiger partial charge is 0.356 e. The molecule has 10 nitrogen and oxygen atoms in total. The summed E-state index contributed by atoms with van der Waals surface area (Å²) in [6, 6.07) is 13.0. The minimum absolute atomic E-state index is 0.0485. The van der Waals surface area contributed by atoms with Gasteiger partial charge in [0.15, 0.2) is 5.69 Å². The molecule has 11 heteroatoms. The minimum atomic E-state index is -4.12. The summed E-state index contributed by atoms with van der Waals surface area (Å²) in [5, 5.41) is 16.5. The summed E-state index contributed by atoms with van der Waals surface area (Å²) in [6.45, 7) is 10.5. The van der Waals surface area contributed by atoms with Crippen molar-refractivity contribution in [2.24, 2.45) is 5.92 Å². The highest BCUT2D eigenvalue weighted by Gasteiger charge is 2.29. The maximum absolute atomic E-state index is 13.4. The SMILES string of the molecule is Cc1c(C(=O)O)nn(-c2ccccc2)c1Oc1ccc(NC(=O)CC(C)C)cc1S(=O)(=O)NC(C)(C)C. The topological polar surface area (TPSA) is 140 Å². The van der Waals surface area contributed by atoms with Gasteiger partial charge in [-0.1, -0.05) is 32.0 Å². The van der Waals surface area contributed by atoms with Gasteiger partial charge in [0.05, 0.1) is 5.69 Å². The van der Waals surface area contributed by atoms with Crippen molar-refractivity contribution in [2.45, 2.75) is 58.4 Å². The summed E-state index contributed by atoms with van der Waals surface area (Å²) in [6.07, 6.45) is 0.272. The van der Waals surface area contributed by atoms with Crippen LogP contribution in [-0.2, 0) is 14.8 Å². The van der Waals surface area contributed by atoms with Gasteiger partial charge in [-0.2, -0.15) is 9.78 Å². The van der Waals surface area contributed by atoms with E-state index in [-0.39, 0.29) is 51.7 Å². The lowest BCUT2D eigenvalue weighted by Gasteiger charge is -2.22. The van der Waals surface area contributed by atoms with E-state index in [1.807, 2.05) is 13.8 Å². The van der Waals surface area contributed by atoms with Gasteiger partial charge in [0.1, 0.15) is 10.6 Å². The molecular weight excluding hydrogens is 496 g/mol. The number of carboxylic acid groups (broad SMARTS) is 1. The van der Waals surface area contributed by atoms with Crippen molar-refractivity contribution in [3.8, 4) is 17.3 Å². The number of sulfonamides is 1. The quantitative estimate of drug-likeness (QED) is 0.365. The van der Waals surface area contributed by atoms with Gasteiger partial charge in [-0.15, -0.1) is 0 Å². The Hall–Kier alpha value is -3.70. The lowest BCUT2D eigenvalue weighted by Crippen LogP contribution is -2.40. The minimum Gasteiger partial charge on any atom is -0.476 e. The first-order valence-corrected chi connectivity index (χ1v) is 13.2. The average Bonchev–Trinajstić information content (AvgIpc) is 3.09. The number of nitrogens with one attached hydrogen (secondary N) is 2. The van der Waals surface area contributed by atoms with Crippen molar-refractivity contribution < 1.29 is 27.9 Å². The monoisotopic (exact) mass is 528 g/mol. The fourth-order valence-electron chi connectivity index (χ4n) is 3.57. The molecule has 0 saturated carbocycles. The molecule has 2 aromatic carbocycles. The Labute approximate surface area is 216 Å². The van der Waals surface area contributed by atoms with E-state index in [1.54, 1.807) is 51.1 Å². The van der Waals surface area contributed by atoms with Gasteiger partial charge in [0.2, 0.25) is 21.8 Å². The molecule has 1 amide bonds. The normalized spacial score (nSPS) is 12.0. The van der Waals surface area contributed by atoms with Crippen molar-refractivity contribution in [3.05, 3.63) is 59.8 Å². The van der Waals surface area contributed by atoms with Crippen LogP contribution in [0.4, 0.5) is 5.69 Å². The largest absolute Gasteiger partial charge is 0.476 e. The Morgan fingerprint density at radius 3 is 2.32 bits per heavy atom. The number of carbonyl (C=O) groups excluding carboxylic acids is 1. The summed E-state index contributed by atoms with van der Waals surface area (Å²) in [4.78, 5) is 23.9. The molecule has 0 aliphatic rings. The van der Waals surface area contributed by atoms with E-state index in [0.29, 0.717) is 5.69 Å². The fraction of sp³-hybridized carbons (Fsp3) is 0.346. The van der Waals surface area contributed by atoms with E-state index in [1.165, 1.54) is 29.8 Å². The highest BCUT2D eigenvalue weighted by molar-refractivity contribution is 7.89. The molecule has 1 heterocycles. The molecule has 3 rings (SSSR count). The second kappa shape index (κ2) is 10.7. The van der Waals surface area contributed by atoms with Crippen LogP contribution in [0.1, 0.15) is 57.1 Å². The molecule has 0 bridgehead atoms. The summed E-state index contributed by atoms with van der Waals surface area (Å²) in [7, 11) is -4.12. The summed E-state index contributed by atoms with van der Waals surface area (Å²) in [5.41, 5.74) is 0.00621. The Morgan fingerprint density at radius 1 is 1.11 bits per heavy atom. The summed E-state index contributed by atoms with van der Waals surface area (Å²) >= 11 is 0. The van der Waals surface area contributed by atoms with Crippen LogP contribution in [0.2, 0.25) is 0 Å². The molecule has 3 aromatic rings.